The van der Waals surface area contributed by atoms with Crippen LogP contribution in [0.4, 0.5) is 19.3 Å². The van der Waals surface area contributed by atoms with Crippen LogP contribution >= 0.6 is 0 Å². The standard InChI is InChI=1S/C19H27F2N3O3/c1-13-15(9-5-10-16(13)27-18(20)21)24-17(25)11-6-12-22-19(26)23-14-7-3-2-4-8-14/h5,9-10,14,18H,2-4,6-8,11-12H2,1H3,(H,24,25)(H2,22,23,26). The van der Waals surface area contributed by atoms with E-state index >= 15 is 0 Å². The lowest BCUT2D eigenvalue weighted by Crippen LogP contribution is -2.43. The summed E-state index contributed by atoms with van der Waals surface area (Å²) in [4.78, 5) is 23.9. The second-order valence-electron chi connectivity index (χ2n) is 6.69. The number of rotatable bonds is 8. The molecule has 2 rings (SSSR count). The highest BCUT2D eigenvalue weighted by Crippen LogP contribution is 2.26. The zero-order chi connectivity index (χ0) is 19.6. The molecule has 27 heavy (non-hydrogen) atoms. The van der Waals surface area contributed by atoms with Crippen molar-refractivity contribution in [2.45, 2.75) is 64.5 Å². The maximum atomic E-state index is 12.4. The van der Waals surface area contributed by atoms with Crippen molar-refractivity contribution in [2.75, 3.05) is 11.9 Å². The van der Waals surface area contributed by atoms with Gasteiger partial charge in [0.15, 0.2) is 0 Å². The van der Waals surface area contributed by atoms with Crippen LogP contribution in [-0.4, -0.2) is 31.1 Å². The van der Waals surface area contributed by atoms with Crippen molar-refractivity contribution >= 4 is 17.6 Å². The molecule has 150 valence electrons. The Balaban J connectivity index is 1.68. The molecule has 0 heterocycles. The Hall–Kier alpha value is -2.38. The molecule has 6 nitrogen and oxygen atoms in total. The molecule has 1 aromatic carbocycles. The number of carbonyl (C=O) groups is 2. The zero-order valence-electron chi connectivity index (χ0n) is 15.5. The van der Waals surface area contributed by atoms with E-state index in [1.165, 1.54) is 18.6 Å². The van der Waals surface area contributed by atoms with Crippen molar-refractivity contribution in [3.63, 3.8) is 0 Å². The molecule has 0 aliphatic heterocycles. The summed E-state index contributed by atoms with van der Waals surface area (Å²) in [5.41, 5.74) is 0.872. The van der Waals surface area contributed by atoms with Gasteiger partial charge in [0.2, 0.25) is 5.91 Å². The normalized spacial score (nSPS) is 14.7. The fourth-order valence-electron chi connectivity index (χ4n) is 3.12. The second-order valence-corrected chi connectivity index (χ2v) is 6.69. The summed E-state index contributed by atoms with van der Waals surface area (Å²) in [6.07, 6.45) is 6.25. The van der Waals surface area contributed by atoms with Gasteiger partial charge in [-0.2, -0.15) is 8.78 Å². The second kappa shape index (κ2) is 10.7. The minimum atomic E-state index is -2.92. The van der Waals surface area contributed by atoms with Crippen molar-refractivity contribution in [2.24, 2.45) is 0 Å². The fraction of sp³-hybridized carbons (Fsp3) is 0.579. The topological polar surface area (TPSA) is 79.5 Å². The molecule has 1 aromatic rings. The molecule has 8 heteroatoms. The van der Waals surface area contributed by atoms with Crippen molar-refractivity contribution in [1.29, 1.82) is 0 Å². The number of hydrogen-bond acceptors (Lipinski definition) is 3. The number of benzene rings is 1. The molecule has 0 radical (unpaired) electrons. The van der Waals surface area contributed by atoms with Crippen LogP contribution in [0, 0.1) is 6.92 Å². The molecule has 1 saturated carbocycles. The Morgan fingerprint density at radius 1 is 1.22 bits per heavy atom. The molecule has 0 aromatic heterocycles. The number of carbonyl (C=O) groups excluding carboxylic acids is 2. The predicted octanol–water partition coefficient (Wildman–Crippen LogP) is 3.95. The third-order valence-corrected chi connectivity index (χ3v) is 4.58. The lowest BCUT2D eigenvalue weighted by Gasteiger charge is -2.22. The van der Waals surface area contributed by atoms with Gasteiger partial charge in [0.05, 0.1) is 0 Å². The summed E-state index contributed by atoms with van der Waals surface area (Å²) in [7, 11) is 0. The molecule has 0 unspecified atom stereocenters. The zero-order valence-corrected chi connectivity index (χ0v) is 15.5. The minimum absolute atomic E-state index is 0.0313. The van der Waals surface area contributed by atoms with E-state index in [-0.39, 0.29) is 30.2 Å². The third kappa shape index (κ3) is 7.40. The van der Waals surface area contributed by atoms with Crippen LogP contribution in [0.25, 0.3) is 0 Å². The maximum absolute atomic E-state index is 12.4. The van der Waals surface area contributed by atoms with E-state index in [0.717, 1.165) is 25.7 Å². The Bertz CT molecular complexity index is 635. The molecule has 1 aliphatic rings. The van der Waals surface area contributed by atoms with Crippen LogP contribution in [0.15, 0.2) is 18.2 Å². The van der Waals surface area contributed by atoms with Crippen molar-refractivity contribution in [3.05, 3.63) is 23.8 Å². The van der Waals surface area contributed by atoms with E-state index in [1.807, 2.05) is 0 Å². The molecule has 1 fully saturated rings. The van der Waals surface area contributed by atoms with Crippen LogP contribution < -0.4 is 20.7 Å². The largest absolute Gasteiger partial charge is 0.434 e. The lowest BCUT2D eigenvalue weighted by molar-refractivity contribution is -0.116. The summed E-state index contributed by atoms with van der Waals surface area (Å²) in [5, 5.41) is 8.39. The highest BCUT2D eigenvalue weighted by molar-refractivity contribution is 5.91. The van der Waals surface area contributed by atoms with Crippen LogP contribution in [0.2, 0.25) is 0 Å². The number of halogens is 2. The fourth-order valence-corrected chi connectivity index (χ4v) is 3.12. The molecule has 3 amide bonds. The summed E-state index contributed by atoms with van der Waals surface area (Å²) in [5.74, 6) is -0.217. The van der Waals surface area contributed by atoms with Crippen molar-refractivity contribution < 1.29 is 23.1 Å². The van der Waals surface area contributed by atoms with Gasteiger partial charge in [0, 0.05) is 30.3 Å². The van der Waals surface area contributed by atoms with Gasteiger partial charge in [-0.25, -0.2) is 4.79 Å². The first kappa shape index (κ1) is 20.9. The van der Waals surface area contributed by atoms with Crippen LogP contribution in [0.3, 0.4) is 0 Å². The first-order chi connectivity index (χ1) is 13.0. The predicted molar refractivity (Wildman–Crippen MR) is 99.1 cm³/mol. The number of anilines is 1. The van der Waals surface area contributed by atoms with E-state index < -0.39 is 6.61 Å². The Kier molecular flexibility index (Phi) is 8.29. The quantitative estimate of drug-likeness (QED) is 0.595. The van der Waals surface area contributed by atoms with E-state index in [4.69, 9.17) is 0 Å². The number of amides is 3. The number of nitrogens with one attached hydrogen (secondary N) is 3. The van der Waals surface area contributed by atoms with Gasteiger partial charge >= 0.3 is 12.6 Å². The first-order valence-electron chi connectivity index (χ1n) is 9.34. The average Bonchev–Trinajstić information content (AvgIpc) is 2.63. The van der Waals surface area contributed by atoms with Gasteiger partial charge < -0.3 is 20.7 Å². The molecular weight excluding hydrogens is 356 g/mol. The summed E-state index contributed by atoms with van der Waals surface area (Å²) < 4.78 is 29.1. The van der Waals surface area contributed by atoms with E-state index in [2.05, 4.69) is 20.7 Å². The van der Waals surface area contributed by atoms with E-state index in [0.29, 0.717) is 24.2 Å². The van der Waals surface area contributed by atoms with Gasteiger partial charge in [-0.1, -0.05) is 25.3 Å². The van der Waals surface area contributed by atoms with Gasteiger partial charge in [-0.3, -0.25) is 4.79 Å². The SMILES string of the molecule is Cc1c(NC(=O)CCCNC(=O)NC2CCCCC2)cccc1OC(F)F. The third-order valence-electron chi connectivity index (χ3n) is 4.58. The Morgan fingerprint density at radius 2 is 1.96 bits per heavy atom. The minimum Gasteiger partial charge on any atom is -0.434 e. The highest BCUT2D eigenvalue weighted by atomic mass is 19.3. The summed E-state index contributed by atoms with van der Waals surface area (Å²) >= 11 is 0. The van der Waals surface area contributed by atoms with E-state index in [9.17, 15) is 18.4 Å². The maximum Gasteiger partial charge on any atom is 0.387 e. The molecule has 0 saturated heterocycles. The van der Waals surface area contributed by atoms with Gasteiger partial charge in [-0.05, 0) is 38.3 Å². The molecular formula is C19H27F2N3O3. The van der Waals surface area contributed by atoms with Gasteiger partial charge in [0.25, 0.3) is 0 Å². The average molecular weight is 383 g/mol. The van der Waals surface area contributed by atoms with Gasteiger partial charge in [0.1, 0.15) is 5.75 Å². The molecule has 0 bridgehead atoms. The van der Waals surface area contributed by atoms with Crippen LogP contribution in [0.1, 0.15) is 50.5 Å². The van der Waals surface area contributed by atoms with Crippen molar-refractivity contribution in [1.82, 2.24) is 10.6 Å². The number of hydrogen-bond donors (Lipinski definition) is 3. The van der Waals surface area contributed by atoms with Gasteiger partial charge in [-0.15, -0.1) is 0 Å². The smallest absolute Gasteiger partial charge is 0.387 e. The Morgan fingerprint density at radius 3 is 2.67 bits per heavy atom. The number of urea groups is 1. The summed E-state index contributed by atoms with van der Waals surface area (Å²) in [6.45, 7) is -0.926. The molecule has 0 spiro atoms. The van der Waals surface area contributed by atoms with Crippen LogP contribution in [-0.2, 0) is 4.79 Å². The highest BCUT2D eigenvalue weighted by Gasteiger charge is 2.15. The van der Waals surface area contributed by atoms with Crippen LogP contribution in [0.5, 0.6) is 5.75 Å². The lowest BCUT2D eigenvalue weighted by atomic mass is 9.96. The molecule has 1 aliphatic carbocycles. The molecule has 0 atom stereocenters. The summed E-state index contributed by atoms with van der Waals surface area (Å²) in [6, 6.07) is 4.63. The van der Waals surface area contributed by atoms with Crippen molar-refractivity contribution in [3.8, 4) is 5.75 Å². The number of alkyl halides is 2. The first-order valence-corrected chi connectivity index (χ1v) is 9.34. The van der Waals surface area contributed by atoms with E-state index in [1.54, 1.807) is 13.0 Å². The molecule has 3 N–H and O–H groups in total. The monoisotopic (exact) mass is 383 g/mol. The number of ether oxygens (including phenoxy) is 1. The Labute approximate surface area is 158 Å².